The zero-order chi connectivity index (χ0) is 13.1. The maximum Gasteiger partial charge on any atom is 0.410 e. The first-order chi connectivity index (χ1) is 7.83. The molecule has 1 atom stereocenters. The van der Waals surface area contributed by atoms with E-state index in [1.54, 1.807) is 12.0 Å². The lowest BCUT2D eigenvalue weighted by Crippen LogP contribution is -2.55. The number of piperazine rings is 1. The molecule has 0 aromatic carbocycles. The third kappa shape index (κ3) is 4.52. The molecule has 5 nitrogen and oxygen atoms in total. The summed E-state index contributed by atoms with van der Waals surface area (Å²) in [4.78, 5) is 15.9. The Kier molecular flexibility index (Phi) is 4.77. The molecule has 17 heavy (non-hydrogen) atoms. The maximum absolute atomic E-state index is 11.9. The molecule has 1 saturated heterocycles. The second-order valence-corrected chi connectivity index (χ2v) is 5.52. The van der Waals surface area contributed by atoms with Crippen molar-refractivity contribution in [3.8, 4) is 0 Å². The van der Waals surface area contributed by atoms with E-state index in [9.17, 15) is 4.79 Å². The average Bonchev–Trinajstić information content (AvgIpc) is 2.19. The molecule has 1 fully saturated rings. The fraction of sp³-hybridized carbons (Fsp3) is 0.917. The molecule has 0 aromatic heterocycles. The highest BCUT2D eigenvalue weighted by Gasteiger charge is 2.29. The normalized spacial score (nSPS) is 22.6. The summed E-state index contributed by atoms with van der Waals surface area (Å²) in [6.45, 7) is 8.52. The van der Waals surface area contributed by atoms with Gasteiger partial charge >= 0.3 is 6.09 Å². The summed E-state index contributed by atoms with van der Waals surface area (Å²) in [5, 5.41) is 0. The van der Waals surface area contributed by atoms with E-state index in [1.165, 1.54) is 0 Å². The minimum atomic E-state index is -0.433. The number of carbonyl (C=O) groups excluding carboxylic acids is 1. The van der Waals surface area contributed by atoms with Crippen LogP contribution >= 0.6 is 0 Å². The van der Waals surface area contributed by atoms with Gasteiger partial charge in [0.25, 0.3) is 0 Å². The van der Waals surface area contributed by atoms with Gasteiger partial charge in [-0.05, 0) is 27.8 Å². The Morgan fingerprint density at radius 2 is 2.00 bits per heavy atom. The van der Waals surface area contributed by atoms with Crippen LogP contribution in [0, 0.1) is 0 Å². The molecule has 0 radical (unpaired) electrons. The topological polar surface area (TPSA) is 42.0 Å². The van der Waals surface area contributed by atoms with Gasteiger partial charge in [-0.15, -0.1) is 0 Å². The number of carbonyl (C=O) groups is 1. The van der Waals surface area contributed by atoms with Crippen LogP contribution in [-0.4, -0.2) is 67.9 Å². The van der Waals surface area contributed by atoms with E-state index >= 15 is 0 Å². The Labute approximate surface area is 104 Å². The fourth-order valence-electron chi connectivity index (χ4n) is 1.81. The van der Waals surface area contributed by atoms with Crippen LogP contribution in [0.2, 0.25) is 0 Å². The highest BCUT2D eigenvalue weighted by atomic mass is 16.6. The van der Waals surface area contributed by atoms with Crippen LogP contribution < -0.4 is 0 Å². The second kappa shape index (κ2) is 5.69. The molecular formula is C12H24N2O3. The second-order valence-electron chi connectivity index (χ2n) is 5.52. The van der Waals surface area contributed by atoms with E-state index in [-0.39, 0.29) is 12.1 Å². The number of rotatable bonds is 2. The number of hydrogen-bond donors (Lipinski definition) is 0. The van der Waals surface area contributed by atoms with Gasteiger partial charge < -0.3 is 14.4 Å². The van der Waals surface area contributed by atoms with E-state index in [0.717, 1.165) is 6.54 Å². The van der Waals surface area contributed by atoms with Crippen molar-refractivity contribution in [1.82, 2.24) is 9.80 Å². The van der Waals surface area contributed by atoms with Crippen molar-refractivity contribution in [2.24, 2.45) is 0 Å². The van der Waals surface area contributed by atoms with Crippen LogP contribution in [-0.2, 0) is 9.47 Å². The molecular weight excluding hydrogens is 220 g/mol. The first-order valence-corrected chi connectivity index (χ1v) is 6.00. The summed E-state index contributed by atoms with van der Waals surface area (Å²) in [5.74, 6) is 0. The van der Waals surface area contributed by atoms with Gasteiger partial charge in [0.1, 0.15) is 5.60 Å². The molecule has 1 aliphatic rings. The molecule has 0 bridgehead atoms. The lowest BCUT2D eigenvalue weighted by molar-refractivity contribution is -0.00284. The number of likely N-dealkylation sites (N-methyl/N-ethyl adjacent to an activating group) is 1. The van der Waals surface area contributed by atoms with Gasteiger partial charge in [-0.2, -0.15) is 0 Å². The smallest absolute Gasteiger partial charge is 0.410 e. The monoisotopic (exact) mass is 244 g/mol. The van der Waals surface area contributed by atoms with Gasteiger partial charge in [0.05, 0.1) is 12.6 Å². The standard InChI is InChI=1S/C12H24N2O3/c1-12(2,3)17-11(15)14-7-6-13(4)10(8-14)9-16-5/h10H,6-9H2,1-5H3. The van der Waals surface area contributed by atoms with Gasteiger partial charge in [-0.1, -0.05) is 0 Å². The molecule has 0 aromatic rings. The van der Waals surface area contributed by atoms with Crippen LogP contribution in [0.3, 0.4) is 0 Å². The van der Waals surface area contributed by atoms with E-state index in [1.807, 2.05) is 20.8 Å². The van der Waals surface area contributed by atoms with Gasteiger partial charge in [0, 0.05) is 26.7 Å². The molecule has 5 heteroatoms. The van der Waals surface area contributed by atoms with Crippen LogP contribution in [0.5, 0.6) is 0 Å². The molecule has 0 aliphatic carbocycles. The summed E-state index contributed by atoms with van der Waals surface area (Å²) in [6.07, 6.45) is -0.230. The van der Waals surface area contributed by atoms with Crippen LogP contribution in [0.25, 0.3) is 0 Å². The summed E-state index contributed by atoms with van der Waals surface area (Å²) < 4.78 is 10.5. The van der Waals surface area contributed by atoms with Crippen LogP contribution in [0.15, 0.2) is 0 Å². The van der Waals surface area contributed by atoms with Crippen molar-refractivity contribution < 1.29 is 14.3 Å². The lowest BCUT2D eigenvalue weighted by atomic mass is 10.2. The number of amides is 1. The molecule has 0 N–H and O–H groups in total. The predicted octanol–water partition coefficient (Wildman–Crippen LogP) is 1.18. The highest BCUT2D eigenvalue weighted by molar-refractivity contribution is 5.68. The third-order valence-electron chi connectivity index (χ3n) is 2.79. The van der Waals surface area contributed by atoms with E-state index in [0.29, 0.717) is 19.7 Å². The van der Waals surface area contributed by atoms with Crippen LogP contribution in [0.4, 0.5) is 4.79 Å². The van der Waals surface area contributed by atoms with Gasteiger partial charge in [0.15, 0.2) is 0 Å². The number of ether oxygens (including phenoxy) is 2. The van der Waals surface area contributed by atoms with Crippen molar-refractivity contribution in [3.63, 3.8) is 0 Å². The molecule has 1 unspecified atom stereocenters. The first kappa shape index (κ1) is 14.3. The van der Waals surface area contributed by atoms with Crippen molar-refractivity contribution >= 4 is 6.09 Å². The Morgan fingerprint density at radius 1 is 1.35 bits per heavy atom. The van der Waals surface area contributed by atoms with E-state index in [4.69, 9.17) is 9.47 Å². The minimum absolute atomic E-state index is 0.230. The van der Waals surface area contributed by atoms with Crippen molar-refractivity contribution in [1.29, 1.82) is 0 Å². The first-order valence-electron chi connectivity index (χ1n) is 6.00. The molecule has 0 saturated carbocycles. The van der Waals surface area contributed by atoms with Gasteiger partial charge in [0.2, 0.25) is 0 Å². The van der Waals surface area contributed by atoms with Crippen molar-refractivity contribution in [2.45, 2.75) is 32.4 Å². The van der Waals surface area contributed by atoms with Gasteiger partial charge in [-0.25, -0.2) is 4.79 Å². The number of hydrogen-bond acceptors (Lipinski definition) is 4. The Morgan fingerprint density at radius 3 is 2.53 bits per heavy atom. The highest BCUT2D eigenvalue weighted by Crippen LogP contribution is 2.14. The third-order valence-corrected chi connectivity index (χ3v) is 2.79. The van der Waals surface area contributed by atoms with E-state index < -0.39 is 5.60 Å². The summed E-state index contributed by atoms with van der Waals surface area (Å²) in [5.41, 5.74) is -0.433. The molecule has 1 amide bonds. The van der Waals surface area contributed by atoms with Gasteiger partial charge in [-0.3, -0.25) is 4.90 Å². The summed E-state index contributed by atoms with van der Waals surface area (Å²) >= 11 is 0. The fourth-order valence-corrected chi connectivity index (χ4v) is 1.81. The summed E-state index contributed by atoms with van der Waals surface area (Å²) in [7, 11) is 3.73. The Balaban J connectivity index is 2.52. The van der Waals surface area contributed by atoms with E-state index in [2.05, 4.69) is 11.9 Å². The van der Waals surface area contributed by atoms with Crippen molar-refractivity contribution in [2.75, 3.05) is 40.4 Å². The zero-order valence-electron chi connectivity index (χ0n) is 11.5. The molecule has 100 valence electrons. The van der Waals surface area contributed by atoms with Crippen molar-refractivity contribution in [3.05, 3.63) is 0 Å². The molecule has 1 aliphatic heterocycles. The Hall–Kier alpha value is -0.810. The molecule has 1 rings (SSSR count). The lowest BCUT2D eigenvalue weighted by Gasteiger charge is -2.39. The largest absolute Gasteiger partial charge is 0.444 e. The maximum atomic E-state index is 11.9. The quantitative estimate of drug-likeness (QED) is 0.731. The minimum Gasteiger partial charge on any atom is -0.444 e. The average molecular weight is 244 g/mol. The number of nitrogens with zero attached hydrogens (tertiary/aromatic N) is 2. The molecule has 0 spiro atoms. The summed E-state index contributed by atoms with van der Waals surface area (Å²) in [6, 6.07) is 0.251. The molecule has 1 heterocycles. The SMILES string of the molecule is COCC1CN(C(=O)OC(C)(C)C)CCN1C. The van der Waals surface area contributed by atoms with Crippen LogP contribution in [0.1, 0.15) is 20.8 Å². The predicted molar refractivity (Wildman–Crippen MR) is 66.1 cm³/mol. The number of methoxy groups -OCH3 is 1. The Bertz CT molecular complexity index is 263. The zero-order valence-corrected chi connectivity index (χ0v) is 11.5.